The molecule has 63 heavy (non-hydrogen) atoms. The van der Waals surface area contributed by atoms with Crippen molar-refractivity contribution in [2.45, 2.75) is 104 Å². The van der Waals surface area contributed by atoms with E-state index < -0.39 is 36.4 Å². The third kappa shape index (κ3) is 8.51. The molecule has 4 aliphatic rings. The summed E-state index contributed by atoms with van der Waals surface area (Å²) in [6.07, 6.45) is 13.5. The van der Waals surface area contributed by atoms with Gasteiger partial charge in [0.05, 0.1) is 38.0 Å². The summed E-state index contributed by atoms with van der Waals surface area (Å²) in [5, 5.41) is 5.45. The Labute approximate surface area is 369 Å². The van der Waals surface area contributed by atoms with Crippen LogP contribution in [-0.2, 0) is 31.9 Å². The van der Waals surface area contributed by atoms with E-state index >= 15 is 0 Å². The number of rotatable bonds is 11. The zero-order valence-corrected chi connectivity index (χ0v) is 37.6. The van der Waals surface area contributed by atoms with Gasteiger partial charge in [-0.1, -0.05) is 100 Å². The van der Waals surface area contributed by atoms with Gasteiger partial charge in [0, 0.05) is 18.7 Å². The number of imidazole rings is 2. The van der Waals surface area contributed by atoms with Crippen LogP contribution in [0.3, 0.4) is 0 Å². The number of fused-ring (bicyclic) bond motifs is 1. The first-order chi connectivity index (χ1) is 30.2. The molecular formula is C49H60N8O6. The Kier molecular flexibility index (Phi) is 12.1. The zero-order chi connectivity index (χ0) is 44.7. The summed E-state index contributed by atoms with van der Waals surface area (Å²) in [7, 11) is 2.59. The predicted molar refractivity (Wildman–Crippen MR) is 240 cm³/mol. The maximum absolute atomic E-state index is 13.9. The fourth-order valence-corrected chi connectivity index (χ4v) is 10.2. The third-order valence-corrected chi connectivity index (χ3v) is 13.5. The first-order valence-corrected chi connectivity index (χ1v) is 22.2. The molecule has 4 N–H and O–H groups in total. The highest BCUT2D eigenvalue weighted by Crippen LogP contribution is 2.53. The quantitative estimate of drug-likeness (QED) is 0.109. The van der Waals surface area contributed by atoms with Crippen molar-refractivity contribution in [3.05, 3.63) is 94.9 Å². The maximum Gasteiger partial charge on any atom is 0.407 e. The largest absolute Gasteiger partial charge is 0.453 e. The van der Waals surface area contributed by atoms with Crippen LogP contribution < -0.4 is 10.6 Å². The van der Waals surface area contributed by atoms with Crippen LogP contribution in [-0.4, -0.2) is 93.1 Å². The number of hydrogen-bond acceptors (Lipinski definition) is 8. The lowest BCUT2D eigenvalue weighted by molar-refractivity contribution is -0.135. The number of methoxy groups -OCH3 is 2. The lowest BCUT2D eigenvalue weighted by Crippen LogP contribution is -2.51. The molecule has 2 aromatic heterocycles. The van der Waals surface area contributed by atoms with E-state index in [1.165, 1.54) is 56.6 Å². The van der Waals surface area contributed by atoms with Crippen LogP contribution in [0.2, 0.25) is 0 Å². The summed E-state index contributed by atoms with van der Waals surface area (Å²) >= 11 is 0. The number of benzene rings is 2. The number of ether oxygens (including phenoxy) is 2. The third-order valence-electron chi connectivity index (χ3n) is 13.5. The van der Waals surface area contributed by atoms with Crippen molar-refractivity contribution in [1.29, 1.82) is 0 Å². The lowest BCUT2D eigenvalue weighted by Gasteiger charge is -2.30. The lowest BCUT2D eigenvalue weighted by atomic mass is 9.82. The number of H-pyrrole nitrogens is 2. The molecule has 4 amide bonds. The normalized spacial score (nSPS) is 19.9. The Bertz CT molecular complexity index is 2460. The van der Waals surface area contributed by atoms with E-state index in [1.54, 1.807) is 9.80 Å². The van der Waals surface area contributed by atoms with Crippen LogP contribution in [0.25, 0.3) is 33.6 Å². The molecule has 0 radical (unpaired) electrons. The molecule has 2 aliphatic carbocycles. The number of hydrogen-bond donors (Lipinski definition) is 4. The molecule has 14 nitrogen and oxygen atoms in total. The molecule has 1 fully saturated rings. The summed E-state index contributed by atoms with van der Waals surface area (Å²) in [6, 6.07) is 10.8. The molecule has 0 saturated heterocycles. The number of nitrogens with one attached hydrogen (secondary N) is 4. The number of alkyl carbamates (subject to hydrolysis) is 2. The Morgan fingerprint density at radius 2 is 1.11 bits per heavy atom. The second kappa shape index (κ2) is 17.5. The van der Waals surface area contributed by atoms with Crippen LogP contribution in [0.1, 0.15) is 102 Å². The van der Waals surface area contributed by atoms with Gasteiger partial charge in [0.25, 0.3) is 0 Å². The molecule has 332 valence electrons. The van der Waals surface area contributed by atoms with Crippen molar-refractivity contribution in [2.75, 3.05) is 27.3 Å². The van der Waals surface area contributed by atoms with Gasteiger partial charge < -0.3 is 39.9 Å². The average Bonchev–Trinajstić information content (AvgIpc) is 4.14. The van der Waals surface area contributed by atoms with E-state index in [0.29, 0.717) is 24.7 Å². The molecule has 2 aliphatic heterocycles. The molecule has 1 saturated carbocycles. The molecule has 4 aromatic rings. The first-order valence-electron chi connectivity index (χ1n) is 22.2. The topological polar surface area (TPSA) is 175 Å². The highest BCUT2D eigenvalue weighted by Gasteiger charge is 2.43. The molecule has 4 atom stereocenters. The first kappa shape index (κ1) is 43.5. The molecule has 4 unspecified atom stereocenters. The highest BCUT2D eigenvalue weighted by molar-refractivity contribution is 5.88. The molecule has 1 spiro atoms. The van der Waals surface area contributed by atoms with E-state index in [1.807, 2.05) is 60.0 Å². The van der Waals surface area contributed by atoms with E-state index in [4.69, 9.17) is 19.4 Å². The second-order valence-corrected chi connectivity index (χ2v) is 18.7. The van der Waals surface area contributed by atoms with Gasteiger partial charge in [-0.15, -0.1) is 0 Å². The number of carbonyl (C=O) groups is 4. The monoisotopic (exact) mass is 856 g/mol. The van der Waals surface area contributed by atoms with Gasteiger partial charge in [0.15, 0.2) is 0 Å². The number of carbonyl (C=O) groups excluding carboxylic acids is 4. The Morgan fingerprint density at radius 3 is 1.60 bits per heavy atom. The summed E-state index contributed by atoms with van der Waals surface area (Å²) in [5.41, 5.74) is 11.4. The highest BCUT2D eigenvalue weighted by atomic mass is 16.5. The fourth-order valence-electron chi connectivity index (χ4n) is 10.2. The summed E-state index contributed by atoms with van der Waals surface area (Å²) in [6.45, 7) is 12.5. The van der Waals surface area contributed by atoms with Crippen molar-refractivity contribution in [3.63, 3.8) is 0 Å². The van der Waals surface area contributed by atoms with Crippen LogP contribution in [0, 0.1) is 17.3 Å². The number of aromatic amines is 2. The van der Waals surface area contributed by atoms with Crippen molar-refractivity contribution in [3.8, 4) is 33.6 Å². The second-order valence-electron chi connectivity index (χ2n) is 18.7. The van der Waals surface area contributed by atoms with Gasteiger partial charge in [-0.3, -0.25) is 9.59 Å². The minimum absolute atomic E-state index is 0.139. The standard InChI is InChI=1S/C49H60N8O6/c1-27(2)41(54-47(60)62-7)45(58)56-25-29(5)19-39(56)43-50-23-37(52-43)32-13-11-31(12-14-32)33-15-16-34(36-22-49(21-35(33)36)17-9-10-18-49)38-24-51-44(53-38)40-20-30(6)26-57(40)46(59)42(28(3)4)55-48(61)63-8/h11-16,19-20,23-24,27-28,39-42H,9-10,17-18,21-22,25-26H2,1-8H3,(H,50,52)(H,51,53)(H,54,60)(H,55,61). The van der Waals surface area contributed by atoms with Gasteiger partial charge in [-0.25, -0.2) is 19.6 Å². The average molecular weight is 857 g/mol. The van der Waals surface area contributed by atoms with Gasteiger partial charge >= 0.3 is 12.2 Å². The van der Waals surface area contributed by atoms with Crippen molar-refractivity contribution in [2.24, 2.45) is 17.3 Å². The molecule has 8 rings (SSSR count). The van der Waals surface area contributed by atoms with E-state index in [-0.39, 0.29) is 29.1 Å². The maximum atomic E-state index is 13.9. The fraction of sp³-hybridized carbons (Fsp3) is 0.469. The minimum atomic E-state index is -0.735. The molecule has 14 heteroatoms. The van der Waals surface area contributed by atoms with Crippen LogP contribution in [0.5, 0.6) is 0 Å². The smallest absolute Gasteiger partial charge is 0.407 e. The molecule has 0 bridgehead atoms. The summed E-state index contributed by atoms with van der Waals surface area (Å²) < 4.78 is 9.63. The summed E-state index contributed by atoms with van der Waals surface area (Å²) in [4.78, 5) is 72.3. The van der Waals surface area contributed by atoms with Gasteiger partial charge in [-0.05, 0) is 84.6 Å². The van der Waals surface area contributed by atoms with Crippen LogP contribution in [0.4, 0.5) is 9.59 Å². The molecule has 2 aromatic carbocycles. The summed E-state index contributed by atoms with van der Waals surface area (Å²) in [5.74, 6) is 0.705. The van der Waals surface area contributed by atoms with Crippen molar-refractivity contribution < 1.29 is 28.7 Å². The van der Waals surface area contributed by atoms with E-state index in [0.717, 1.165) is 52.1 Å². The van der Waals surface area contributed by atoms with E-state index in [2.05, 4.69) is 63.1 Å². The Balaban J connectivity index is 1.05. The Morgan fingerprint density at radius 1 is 0.667 bits per heavy atom. The van der Waals surface area contributed by atoms with Gasteiger partial charge in [0.1, 0.15) is 35.8 Å². The predicted octanol–water partition coefficient (Wildman–Crippen LogP) is 8.21. The SMILES string of the molecule is COC(=O)NC(C(=O)N1CC(C)=CC1c1ncc(-c2ccc(-c3ccc(-c4cnc(C5C=C(C)CN5C(=O)C(NC(=O)OC)C(C)C)[nH]4)c4c3CC3(CCCC3)C4)cc2)[nH]1)C(C)C. The van der Waals surface area contributed by atoms with Gasteiger partial charge in [-0.2, -0.15) is 0 Å². The van der Waals surface area contributed by atoms with Gasteiger partial charge in [0.2, 0.25) is 11.8 Å². The van der Waals surface area contributed by atoms with Crippen molar-refractivity contribution in [1.82, 2.24) is 40.4 Å². The molecule has 4 heterocycles. The van der Waals surface area contributed by atoms with E-state index in [9.17, 15) is 19.2 Å². The minimum Gasteiger partial charge on any atom is -0.453 e. The number of nitrogens with zero attached hydrogens (tertiary/aromatic N) is 4. The Hall–Kier alpha value is -6.18. The zero-order valence-electron chi connectivity index (χ0n) is 37.6. The van der Waals surface area contributed by atoms with Crippen LogP contribution in [0.15, 0.2) is 72.1 Å². The van der Waals surface area contributed by atoms with Crippen LogP contribution >= 0.6 is 0 Å². The molecular weight excluding hydrogens is 797 g/mol. The number of amides is 4. The van der Waals surface area contributed by atoms with Crippen molar-refractivity contribution >= 4 is 24.0 Å². The number of aromatic nitrogens is 4.